The van der Waals surface area contributed by atoms with Crippen molar-refractivity contribution in [1.82, 2.24) is 0 Å². The van der Waals surface area contributed by atoms with E-state index in [9.17, 15) is 4.79 Å². The summed E-state index contributed by atoms with van der Waals surface area (Å²) in [4.78, 5) is 10.9. The molecule has 2 heteroatoms. The van der Waals surface area contributed by atoms with Gasteiger partial charge in [-0.1, -0.05) is 26.7 Å². The minimum atomic E-state index is -0.595. The van der Waals surface area contributed by atoms with E-state index in [4.69, 9.17) is 5.11 Å². The van der Waals surface area contributed by atoms with Crippen molar-refractivity contribution in [3.8, 4) is 0 Å². The molecule has 0 heterocycles. The molecule has 0 aromatic heterocycles. The molecule has 13 heavy (non-hydrogen) atoms. The van der Waals surface area contributed by atoms with E-state index >= 15 is 0 Å². The molecule has 2 nitrogen and oxygen atoms in total. The molecule has 0 unspecified atom stereocenters. The third-order valence-corrected chi connectivity index (χ3v) is 3.39. The summed E-state index contributed by atoms with van der Waals surface area (Å²) < 4.78 is 0. The molecule has 0 aromatic carbocycles. The van der Waals surface area contributed by atoms with E-state index in [-0.39, 0.29) is 5.92 Å². The van der Waals surface area contributed by atoms with E-state index < -0.39 is 5.97 Å². The van der Waals surface area contributed by atoms with Crippen molar-refractivity contribution in [2.24, 2.45) is 17.8 Å². The highest BCUT2D eigenvalue weighted by Gasteiger charge is 2.29. The van der Waals surface area contributed by atoms with Crippen LogP contribution in [-0.4, -0.2) is 11.1 Å². The molecular weight excluding hydrogens is 164 g/mol. The van der Waals surface area contributed by atoms with Crippen LogP contribution in [0.15, 0.2) is 0 Å². The van der Waals surface area contributed by atoms with E-state index in [0.29, 0.717) is 5.92 Å². The Hall–Kier alpha value is -0.530. The number of hydrogen-bond acceptors (Lipinski definition) is 1. The molecule has 1 rings (SSSR count). The molecule has 0 saturated heterocycles. The number of carboxylic acids is 1. The third kappa shape index (κ3) is 2.71. The Balaban J connectivity index is 2.46. The van der Waals surface area contributed by atoms with E-state index in [1.54, 1.807) is 0 Å². The SMILES string of the molecule is CC[C@H](C(=O)O)C1CCC(C)CC1. The Morgan fingerprint density at radius 2 is 1.92 bits per heavy atom. The first-order valence-electron chi connectivity index (χ1n) is 5.38. The standard InChI is InChI=1S/C11H20O2/c1-3-10(11(12)13)9-6-4-8(2)5-7-9/h8-10H,3-7H2,1-2H3,(H,12,13)/t8?,9?,10-/m0/s1. The summed E-state index contributed by atoms with van der Waals surface area (Å²) in [5, 5.41) is 8.99. The maximum Gasteiger partial charge on any atom is 0.306 e. The van der Waals surface area contributed by atoms with Gasteiger partial charge in [0.05, 0.1) is 5.92 Å². The summed E-state index contributed by atoms with van der Waals surface area (Å²) in [6, 6.07) is 0. The van der Waals surface area contributed by atoms with Gasteiger partial charge < -0.3 is 5.11 Å². The molecule has 1 aliphatic carbocycles. The minimum Gasteiger partial charge on any atom is -0.481 e. The van der Waals surface area contributed by atoms with Crippen LogP contribution in [0.1, 0.15) is 46.0 Å². The zero-order valence-electron chi connectivity index (χ0n) is 8.62. The lowest BCUT2D eigenvalue weighted by Crippen LogP contribution is -2.26. The summed E-state index contributed by atoms with van der Waals surface area (Å²) >= 11 is 0. The molecule has 1 aliphatic rings. The molecule has 0 aliphatic heterocycles. The quantitative estimate of drug-likeness (QED) is 0.732. The van der Waals surface area contributed by atoms with Crippen LogP contribution in [0.25, 0.3) is 0 Å². The van der Waals surface area contributed by atoms with Gasteiger partial charge in [-0.25, -0.2) is 0 Å². The summed E-state index contributed by atoms with van der Waals surface area (Å²) in [6.45, 7) is 4.24. The van der Waals surface area contributed by atoms with Crippen LogP contribution in [0.4, 0.5) is 0 Å². The molecule has 1 N–H and O–H groups in total. The van der Waals surface area contributed by atoms with Crippen LogP contribution >= 0.6 is 0 Å². The van der Waals surface area contributed by atoms with Gasteiger partial charge in [-0.05, 0) is 31.1 Å². The van der Waals surface area contributed by atoms with Crippen molar-refractivity contribution in [2.75, 3.05) is 0 Å². The Morgan fingerprint density at radius 3 is 2.31 bits per heavy atom. The fourth-order valence-corrected chi connectivity index (χ4v) is 2.40. The highest BCUT2D eigenvalue weighted by Crippen LogP contribution is 2.34. The van der Waals surface area contributed by atoms with Gasteiger partial charge in [-0.3, -0.25) is 4.79 Å². The maximum atomic E-state index is 10.9. The first-order valence-corrected chi connectivity index (χ1v) is 5.38. The first kappa shape index (κ1) is 10.6. The Morgan fingerprint density at radius 1 is 1.38 bits per heavy atom. The van der Waals surface area contributed by atoms with Gasteiger partial charge in [0.25, 0.3) is 0 Å². The highest BCUT2D eigenvalue weighted by atomic mass is 16.4. The largest absolute Gasteiger partial charge is 0.481 e. The summed E-state index contributed by atoms with van der Waals surface area (Å²) in [7, 11) is 0. The zero-order valence-corrected chi connectivity index (χ0v) is 8.62. The molecule has 0 amide bonds. The summed E-state index contributed by atoms with van der Waals surface area (Å²) in [5.41, 5.74) is 0. The van der Waals surface area contributed by atoms with E-state index in [2.05, 4.69) is 6.92 Å². The molecule has 1 atom stereocenters. The van der Waals surface area contributed by atoms with Crippen molar-refractivity contribution in [1.29, 1.82) is 0 Å². The predicted octanol–water partition coefficient (Wildman–Crippen LogP) is 2.92. The van der Waals surface area contributed by atoms with Crippen molar-refractivity contribution in [2.45, 2.75) is 46.0 Å². The fourth-order valence-electron chi connectivity index (χ4n) is 2.40. The molecule has 0 aromatic rings. The highest BCUT2D eigenvalue weighted by molar-refractivity contribution is 5.70. The van der Waals surface area contributed by atoms with Crippen LogP contribution in [0.3, 0.4) is 0 Å². The monoisotopic (exact) mass is 184 g/mol. The summed E-state index contributed by atoms with van der Waals surface area (Å²) in [6.07, 6.45) is 5.45. The number of carboxylic acid groups (broad SMARTS) is 1. The molecule has 0 bridgehead atoms. The van der Waals surface area contributed by atoms with Gasteiger partial charge in [-0.15, -0.1) is 0 Å². The second kappa shape index (κ2) is 4.64. The van der Waals surface area contributed by atoms with Crippen molar-refractivity contribution in [3.05, 3.63) is 0 Å². The topological polar surface area (TPSA) is 37.3 Å². The number of hydrogen-bond donors (Lipinski definition) is 1. The third-order valence-electron chi connectivity index (χ3n) is 3.39. The van der Waals surface area contributed by atoms with Crippen molar-refractivity contribution in [3.63, 3.8) is 0 Å². The van der Waals surface area contributed by atoms with Gasteiger partial charge >= 0.3 is 5.97 Å². The van der Waals surface area contributed by atoms with Crippen LogP contribution < -0.4 is 0 Å². The van der Waals surface area contributed by atoms with E-state index in [0.717, 1.165) is 25.2 Å². The normalized spacial score (nSPS) is 31.2. The van der Waals surface area contributed by atoms with Gasteiger partial charge in [0.2, 0.25) is 0 Å². The van der Waals surface area contributed by atoms with Crippen LogP contribution in [0.2, 0.25) is 0 Å². The van der Waals surface area contributed by atoms with Crippen LogP contribution in [-0.2, 0) is 4.79 Å². The molecule has 0 radical (unpaired) electrons. The average Bonchev–Trinajstić information content (AvgIpc) is 2.09. The molecular formula is C11H20O2. The molecule has 0 spiro atoms. The number of carbonyl (C=O) groups is 1. The Labute approximate surface area is 80.3 Å². The lowest BCUT2D eigenvalue weighted by atomic mass is 9.75. The Kier molecular flexibility index (Phi) is 3.76. The van der Waals surface area contributed by atoms with Gasteiger partial charge in [0.15, 0.2) is 0 Å². The minimum absolute atomic E-state index is 0.0903. The second-order valence-electron chi connectivity index (χ2n) is 4.37. The smallest absolute Gasteiger partial charge is 0.306 e. The lowest BCUT2D eigenvalue weighted by molar-refractivity contribution is -0.144. The number of aliphatic carboxylic acids is 1. The second-order valence-corrected chi connectivity index (χ2v) is 4.37. The Bertz CT molecular complexity index is 169. The van der Waals surface area contributed by atoms with Crippen molar-refractivity contribution < 1.29 is 9.90 Å². The fraction of sp³-hybridized carbons (Fsp3) is 0.909. The van der Waals surface area contributed by atoms with E-state index in [1.807, 2.05) is 6.92 Å². The van der Waals surface area contributed by atoms with Gasteiger partial charge in [0, 0.05) is 0 Å². The molecule has 76 valence electrons. The average molecular weight is 184 g/mol. The summed E-state index contributed by atoms with van der Waals surface area (Å²) in [5.74, 6) is 0.566. The molecule has 1 fully saturated rings. The van der Waals surface area contributed by atoms with Crippen molar-refractivity contribution >= 4 is 5.97 Å². The predicted molar refractivity (Wildman–Crippen MR) is 52.5 cm³/mol. The zero-order chi connectivity index (χ0) is 9.84. The maximum absolute atomic E-state index is 10.9. The lowest BCUT2D eigenvalue weighted by Gasteiger charge is -2.29. The molecule has 1 saturated carbocycles. The van der Waals surface area contributed by atoms with Crippen LogP contribution in [0, 0.1) is 17.8 Å². The van der Waals surface area contributed by atoms with Gasteiger partial charge in [0.1, 0.15) is 0 Å². The number of rotatable bonds is 3. The van der Waals surface area contributed by atoms with E-state index in [1.165, 1.54) is 12.8 Å². The first-order chi connectivity index (χ1) is 6.15. The van der Waals surface area contributed by atoms with Crippen LogP contribution in [0.5, 0.6) is 0 Å². The van der Waals surface area contributed by atoms with Gasteiger partial charge in [-0.2, -0.15) is 0 Å².